The van der Waals surface area contributed by atoms with E-state index in [4.69, 9.17) is 0 Å². The number of aromatic nitrogens is 2. The largest absolute Gasteiger partial charge is 0.396 e. The Balaban J connectivity index is 1.82. The standard InChI is InChI=1S/C12H18N2O3S/c15-7-9-1-2-12-13-11(6-14(12)5-9)10-3-4-18(16,17)8-10/h6,9-10,15H,1-5,7-8H2. The van der Waals surface area contributed by atoms with Gasteiger partial charge in [0.2, 0.25) is 0 Å². The van der Waals surface area contributed by atoms with E-state index < -0.39 is 9.84 Å². The number of aliphatic hydroxyl groups is 1. The van der Waals surface area contributed by atoms with E-state index >= 15 is 0 Å². The van der Waals surface area contributed by atoms with E-state index in [1.807, 2.05) is 6.20 Å². The van der Waals surface area contributed by atoms with Gasteiger partial charge in [0.15, 0.2) is 9.84 Å². The minimum atomic E-state index is -2.85. The maximum Gasteiger partial charge on any atom is 0.151 e. The van der Waals surface area contributed by atoms with E-state index in [1.165, 1.54) is 0 Å². The molecule has 2 aliphatic heterocycles. The zero-order valence-corrected chi connectivity index (χ0v) is 11.1. The number of aryl methyl sites for hydroxylation is 1. The zero-order chi connectivity index (χ0) is 12.8. The molecule has 18 heavy (non-hydrogen) atoms. The molecule has 3 rings (SSSR count). The summed E-state index contributed by atoms with van der Waals surface area (Å²) >= 11 is 0. The molecule has 5 nitrogen and oxygen atoms in total. The van der Waals surface area contributed by atoms with Gasteiger partial charge in [0.05, 0.1) is 17.2 Å². The molecule has 6 heteroatoms. The lowest BCUT2D eigenvalue weighted by Crippen LogP contribution is -2.22. The Kier molecular flexibility index (Phi) is 2.94. The lowest BCUT2D eigenvalue weighted by Gasteiger charge is -2.21. The molecule has 0 amide bonds. The van der Waals surface area contributed by atoms with Crippen LogP contribution >= 0.6 is 0 Å². The van der Waals surface area contributed by atoms with Crippen LogP contribution in [-0.4, -0.2) is 41.2 Å². The Morgan fingerprint density at radius 1 is 1.44 bits per heavy atom. The summed E-state index contributed by atoms with van der Waals surface area (Å²) in [6, 6.07) is 0. The lowest BCUT2D eigenvalue weighted by molar-refractivity contribution is 0.190. The number of rotatable bonds is 2. The smallest absolute Gasteiger partial charge is 0.151 e. The Morgan fingerprint density at radius 3 is 2.94 bits per heavy atom. The van der Waals surface area contributed by atoms with Gasteiger partial charge in [0.25, 0.3) is 0 Å². The number of imidazole rings is 1. The lowest BCUT2D eigenvalue weighted by atomic mass is 10.0. The monoisotopic (exact) mass is 270 g/mol. The van der Waals surface area contributed by atoms with Crippen LogP contribution in [0.1, 0.15) is 30.3 Å². The number of fused-ring (bicyclic) bond motifs is 1. The number of hydrogen-bond donors (Lipinski definition) is 1. The summed E-state index contributed by atoms with van der Waals surface area (Å²) in [4.78, 5) is 4.58. The van der Waals surface area contributed by atoms with Crippen molar-refractivity contribution in [1.29, 1.82) is 0 Å². The van der Waals surface area contributed by atoms with Crippen molar-refractivity contribution in [3.05, 3.63) is 17.7 Å². The molecule has 0 bridgehead atoms. The van der Waals surface area contributed by atoms with Crippen molar-refractivity contribution in [2.75, 3.05) is 18.1 Å². The summed E-state index contributed by atoms with van der Waals surface area (Å²) in [6.45, 7) is 1.02. The Bertz CT molecular complexity index is 550. The minimum absolute atomic E-state index is 0.0701. The van der Waals surface area contributed by atoms with Gasteiger partial charge in [-0.05, 0) is 12.8 Å². The molecule has 1 aromatic rings. The van der Waals surface area contributed by atoms with Crippen LogP contribution in [0.3, 0.4) is 0 Å². The molecule has 3 heterocycles. The summed E-state index contributed by atoms with van der Waals surface area (Å²) in [6.07, 6.45) is 4.53. The molecule has 1 saturated heterocycles. The van der Waals surface area contributed by atoms with E-state index in [1.54, 1.807) is 0 Å². The molecule has 1 fully saturated rings. The normalized spacial score (nSPS) is 30.3. The van der Waals surface area contributed by atoms with Gasteiger partial charge in [-0.2, -0.15) is 0 Å². The van der Waals surface area contributed by atoms with E-state index in [0.29, 0.717) is 18.1 Å². The fourth-order valence-electron chi connectivity index (χ4n) is 2.91. The van der Waals surface area contributed by atoms with Gasteiger partial charge in [-0.3, -0.25) is 0 Å². The molecule has 2 aliphatic rings. The molecule has 1 aromatic heterocycles. The van der Waals surface area contributed by atoms with Crippen molar-refractivity contribution >= 4 is 9.84 Å². The van der Waals surface area contributed by atoms with Gasteiger partial charge >= 0.3 is 0 Å². The van der Waals surface area contributed by atoms with E-state index in [9.17, 15) is 13.5 Å². The van der Waals surface area contributed by atoms with Crippen LogP contribution in [0.2, 0.25) is 0 Å². The predicted octanol–water partition coefficient (Wildman–Crippen LogP) is 0.340. The highest BCUT2D eigenvalue weighted by atomic mass is 32.2. The van der Waals surface area contributed by atoms with E-state index in [2.05, 4.69) is 9.55 Å². The molecule has 0 spiro atoms. The van der Waals surface area contributed by atoms with Crippen molar-refractivity contribution in [3.8, 4) is 0 Å². The molecule has 0 aliphatic carbocycles. The first-order chi connectivity index (χ1) is 8.57. The molecule has 0 saturated carbocycles. The second-order valence-electron chi connectivity index (χ2n) is 5.42. The molecule has 2 unspecified atom stereocenters. The number of nitrogens with zero attached hydrogens (tertiary/aromatic N) is 2. The number of sulfone groups is 1. The molecular formula is C12H18N2O3S. The average Bonchev–Trinajstić information content (AvgIpc) is 2.90. The number of hydrogen-bond acceptors (Lipinski definition) is 4. The first-order valence-electron chi connectivity index (χ1n) is 6.44. The van der Waals surface area contributed by atoms with Crippen LogP contribution in [-0.2, 0) is 22.8 Å². The van der Waals surface area contributed by atoms with Gasteiger partial charge in [0, 0.05) is 37.6 Å². The first-order valence-corrected chi connectivity index (χ1v) is 8.27. The fourth-order valence-corrected chi connectivity index (χ4v) is 4.67. The van der Waals surface area contributed by atoms with Crippen LogP contribution < -0.4 is 0 Å². The SMILES string of the molecule is O=S1(=O)CCC(c2cn3c(n2)CCC(CO)C3)C1. The van der Waals surface area contributed by atoms with Crippen LogP contribution in [0.15, 0.2) is 6.20 Å². The maximum atomic E-state index is 11.5. The molecule has 0 radical (unpaired) electrons. The summed E-state index contributed by atoms with van der Waals surface area (Å²) in [5, 5.41) is 9.19. The quantitative estimate of drug-likeness (QED) is 0.841. The molecule has 2 atom stereocenters. The van der Waals surface area contributed by atoms with Crippen molar-refractivity contribution in [2.24, 2.45) is 5.92 Å². The van der Waals surface area contributed by atoms with Gasteiger partial charge in [-0.1, -0.05) is 0 Å². The third-order valence-corrected chi connectivity index (χ3v) is 5.79. The highest BCUT2D eigenvalue weighted by molar-refractivity contribution is 7.91. The topological polar surface area (TPSA) is 72.2 Å². The average molecular weight is 270 g/mol. The third-order valence-electron chi connectivity index (χ3n) is 4.02. The van der Waals surface area contributed by atoms with Crippen molar-refractivity contribution in [1.82, 2.24) is 9.55 Å². The highest BCUT2D eigenvalue weighted by Gasteiger charge is 2.31. The summed E-state index contributed by atoms with van der Waals surface area (Å²) in [5.74, 6) is 1.96. The molecule has 0 aromatic carbocycles. The van der Waals surface area contributed by atoms with Gasteiger partial charge in [-0.15, -0.1) is 0 Å². The second-order valence-corrected chi connectivity index (χ2v) is 7.65. The van der Waals surface area contributed by atoms with Crippen LogP contribution in [0.5, 0.6) is 0 Å². The second kappa shape index (κ2) is 4.35. The summed E-state index contributed by atoms with van der Waals surface area (Å²) in [5.41, 5.74) is 0.921. The Hall–Kier alpha value is -0.880. The van der Waals surface area contributed by atoms with Gasteiger partial charge in [0.1, 0.15) is 5.82 Å². The van der Waals surface area contributed by atoms with E-state index in [0.717, 1.165) is 30.9 Å². The number of aliphatic hydroxyl groups excluding tert-OH is 1. The Morgan fingerprint density at radius 2 is 2.28 bits per heavy atom. The molecule has 100 valence electrons. The molecule has 1 N–H and O–H groups in total. The fraction of sp³-hybridized carbons (Fsp3) is 0.750. The predicted molar refractivity (Wildman–Crippen MR) is 67.1 cm³/mol. The van der Waals surface area contributed by atoms with Crippen LogP contribution in [0.4, 0.5) is 0 Å². The first kappa shape index (κ1) is 12.2. The minimum Gasteiger partial charge on any atom is -0.396 e. The van der Waals surface area contributed by atoms with Crippen LogP contribution in [0.25, 0.3) is 0 Å². The van der Waals surface area contributed by atoms with Crippen molar-refractivity contribution in [3.63, 3.8) is 0 Å². The van der Waals surface area contributed by atoms with Crippen LogP contribution in [0, 0.1) is 5.92 Å². The van der Waals surface area contributed by atoms with Gasteiger partial charge < -0.3 is 9.67 Å². The Labute approximate surface area is 107 Å². The van der Waals surface area contributed by atoms with Crippen molar-refractivity contribution < 1.29 is 13.5 Å². The highest BCUT2D eigenvalue weighted by Crippen LogP contribution is 2.30. The maximum absolute atomic E-state index is 11.5. The van der Waals surface area contributed by atoms with E-state index in [-0.39, 0.29) is 18.3 Å². The third kappa shape index (κ3) is 2.19. The summed E-state index contributed by atoms with van der Waals surface area (Å²) in [7, 11) is -2.85. The molecular weight excluding hydrogens is 252 g/mol. The van der Waals surface area contributed by atoms with Gasteiger partial charge in [-0.25, -0.2) is 13.4 Å². The summed E-state index contributed by atoms with van der Waals surface area (Å²) < 4.78 is 25.1. The van der Waals surface area contributed by atoms with Crippen molar-refractivity contribution in [2.45, 2.75) is 31.7 Å². The zero-order valence-electron chi connectivity index (χ0n) is 10.2.